The van der Waals surface area contributed by atoms with Crippen molar-refractivity contribution in [1.82, 2.24) is 10.4 Å². The molecule has 2 heterocycles. The molecule has 1 atom stereocenters. The highest BCUT2D eigenvalue weighted by molar-refractivity contribution is 6.55. The van der Waals surface area contributed by atoms with E-state index in [1.54, 1.807) is 12.3 Å². The van der Waals surface area contributed by atoms with Gasteiger partial charge in [0.2, 0.25) is 0 Å². The molecule has 0 spiro atoms. The third kappa shape index (κ3) is 2.22. The molecule has 1 amide bonds. The van der Waals surface area contributed by atoms with Gasteiger partial charge in [-0.25, -0.2) is 4.98 Å². The van der Waals surface area contributed by atoms with Crippen molar-refractivity contribution in [3.63, 3.8) is 0 Å². The minimum atomic E-state index is -1.28. The first kappa shape index (κ1) is 12.9. The minimum absolute atomic E-state index is 0.00367. The van der Waals surface area contributed by atoms with Gasteiger partial charge in [0.15, 0.2) is 10.7 Å². The third-order valence-corrected chi connectivity index (χ3v) is 3.78. The van der Waals surface area contributed by atoms with Crippen molar-refractivity contribution in [3.8, 4) is 0 Å². The van der Waals surface area contributed by atoms with Crippen LogP contribution in [0.2, 0.25) is 0 Å². The zero-order valence-electron chi connectivity index (χ0n) is 10.7. The van der Waals surface area contributed by atoms with Crippen molar-refractivity contribution in [3.05, 3.63) is 35.7 Å². The molecule has 6 nitrogen and oxygen atoms in total. The molecule has 1 aromatic heterocycles. The molecular formula is C13H14ClN5O. The van der Waals surface area contributed by atoms with Crippen LogP contribution in [0.4, 0.5) is 5.82 Å². The fraction of sp³-hybridized carbons (Fsp3) is 0.308. The second-order valence-electron chi connectivity index (χ2n) is 4.78. The summed E-state index contributed by atoms with van der Waals surface area (Å²) in [5.74, 6) is -0.0911. The van der Waals surface area contributed by atoms with E-state index in [0.717, 1.165) is 25.0 Å². The van der Waals surface area contributed by atoms with Crippen molar-refractivity contribution >= 4 is 29.0 Å². The lowest BCUT2D eigenvalue weighted by Gasteiger charge is -2.27. The van der Waals surface area contributed by atoms with Gasteiger partial charge in [-0.3, -0.25) is 10.2 Å². The van der Waals surface area contributed by atoms with Gasteiger partial charge in [0.1, 0.15) is 5.82 Å². The molecule has 0 saturated heterocycles. The van der Waals surface area contributed by atoms with Gasteiger partial charge >= 0.3 is 0 Å². The summed E-state index contributed by atoms with van der Waals surface area (Å²) in [6, 6.07) is 3.88. The maximum atomic E-state index is 11.4. The van der Waals surface area contributed by atoms with Gasteiger partial charge in [0.25, 0.3) is 5.91 Å². The summed E-state index contributed by atoms with van der Waals surface area (Å²) in [7, 11) is 0. The molecule has 0 aromatic carbocycles. The van der Waals surface area contributed by atoms with Crippen molar-refractivity contribution < 1.29 is 4.79 Å². The van der Waals surface area contributed by atoms with Crippen LogP contribution in [0, 0.1) is 0 Å². The number of carbonyl (C=O) groups is 1. The number of aromatic nitrogens is 1. The number of aryl methyl sites for hydroxylation is 2. The number of nitrogens with two attached hydrogens (primary N) is 1. The van der Waals surface area contributed by atoms with Crippen LogP contribution in [0.15, 0.2) is 29.5 Å². The highest BCUT2D eigenvalue weighted by atomic mass is 35.5. The monoisotopic (exact) mass is 291 g/mol. The van der Waals surface area contributed by atoms with E-state index in [4.69, 9.17) is 17.3 Å². The molecule has 1 aliphatic heterocycles. The Hall–Kier alpha value is -2.08. The molecule has 3 rings (SSSR count). The maximum Gasteiger partial charge on any atom is 0.269 e. The quantitative estimate of drug-likeness (QED) is 0.569. The van der Waals surface area contributed by atoms with Gasteiger partial charge in [0.05, 0.1) is 0 Å². The Morgan fingerprint density at radius 1 is 1.45 bits per heavy atom. The van der Waals surface area contributed by atoms with Crippen LogP contribution in [0.25, 0.3) is 0 Å². The number of pyridine rings is 1. The number of primary amides is 1. The standard InChI is InChI=1S/C13H14ClN5O/c14-13(6-7-16-19-11(13)12(15)20)18-10-5-4-8-2-1-3-9(8)17-10/h4-7,16H,1-3H2,(H2,15,20)(H,17,18). The Labute approximate surface area is 121 Å². The zero-order valence-corrected chi connectivity index (χ0v) is 11.4. The molecule has 2 aliphatic rings. The van der Waals surface area contributed by atoms with Crippen molar-refractivity contribution in [2.45, 2.75) is 24.3 Å². The van der Waals surface area contributed by atoms with Crippen LogP contribution in [0.1, 0.15) is 17.7 Å². The van der Waals surface area contributed by atoms with Crippen molar-refractivity contribution in [2.24, 2.45) is 10.8 Å². The number of nitrogens with one attached hydrogen (secondary N) is 2. The van der Waals surface area contributed by atoms with Crippen molar-refractivity contribution in [2.75, 3.05) is 5.32 Å². The zero-order chi connectivity index (χ0) is 14.2. The number of alkyl halides is 1. The predicted molar refractivity (Wildman–Crippen MR) is 77.4 cm³/mol. The van der Waals surface area contributed by atoms with E-state index < -0.39 is 10.9 Å². The third-order valence-electron chi connectivity index (χ3n) is 3.38. The molecule has 20 heavy (non-hydrogen) atoms. The van der Waals surface area contributed by atoms with E-state index in [2.05, 4.69) is 20.8 Å². The molecule has 0 bridgehead atoms. The molecule has 1 aliphatic carbocycles. The SMILES string of the molecule is NC(=O)C1=NNC=CC1(Cl)Nc1ccc2c(n1)CCC2. The molecule has 7 heteroatoms. The summed E-state index contributed by atoms with van der Waals surface area (Å²) in [4.78, 5) is 14.7. The molecule has 4 N–H and O–H groups in total. The fourth-order valence-corrected chi connectivity index (χ4v) is 2.72. The van der Waals surface area contributed by atoms with Gasteiger partial charge < -0.3 is 11.1 Å². The van der Waals surface area contributed by atoms with Gasteiger partial charge in [-0.05, 0) is 37.0 Å². The second-order valence-corrected chi connectivity index (χ2v) is 5.38. The van der Waals surface area contributed by atoms with Crippen LogP contribution in [-0.2, 0) is 17.6 Å². The Morgan fingerprint density at radius 2 is 2.30 bits per heavy atom. The predicted octanol–water partition coefficient (Wildman–Crippen LogP) is 0.875. The number of hydrogen-bond donors (Lipinski definition) is 3. The fourth-order valence-electron chi connectivity index (χ4n) is 2.43. The largest absolute Gasteiger partial charge is 0.364 e. The number of hydrogen-bond acceptors (Lipinski definition) is 5. The van der Waals surface area contributed by atoms with Crippen LogP contribution in [0.5, 0.6) is 0 Å². The number of carbonyl (C=O) groups excluding carboxylic acids is 1. The lowest BCUT2D eigenvalue weighted by Crippen LogP contribution is -2.48. The number of nitrogens with zero attached hydrogens (tertiary/aromatic N) is 2. The van der Waals surface area contributed by atoms with Crippen LogP contribution >= 0.6 is 11.6 Å². The normalized spacial score (nSPS) is 23.8. The summed E-state index contributed by atoms with van der Waals surface area (Å²) in [6.07, 6.45) is 6.27. The van der Waals surface area contributed by atoms with Gasteiger partial charge in [-0.1, -0.05) is 17.7 Å². The summed E-state index contributed by atoms with van der Waals surface area (Å²) in [6.45, 7) is 0. The van der Waals surface area contributed by atoms with E-state index in [1.165, 1.54) is 5.56 Å². The number of amides is 1. The van der Waals surface area contributed by atoms with Gasteiger partial charge in [-0.15, -0.1) is 0 Å². The van der Waals surface area contributed by atoms with Gasteiger partial charge in [-0.2, -0.15) is 5.10 Å². The van der Waals surface area contributed by atoms with E-state index in [1.807, 2.05) is 12.1 Å². The number of hydrazone groups is 1. The van der Waals surface area contributed by atoms with Gasteiger partial charge in [0, 0.05) is 11.9 Å². The average molecular weight is 292 g/mol. The molecule has 0 saturated carbocycles. The first-order valence-electron chi connectivity index (χ1n) is 6.35. The average Bonchev–Trinajstić information content (AvgIpc) is 2.85. The highest BCUT2D eigenvalue weighted by Crippen LogP contribution is 2.26. The molecule has 104 valence electrons. The van der Waals surface area contributed by atoms with Crippen LogP contribution in [0.3, 0.4) is 0 Å². The Morgan fingerprint density at radius 3 is 3.10 bits per heavy atom. The molecule has 0 fully saturated rings. The second kappa shape index (κ2) is 4.79. The maximum absolute atomic E-state index is 11.4. The lowest BCUT2D eigenvalue weighted by molar-refractivity contribution is -0.112. The van der Waals surface area contributed by atoms with E-state index in [-0.39, 0.29) is 5.71 Å². The Kier molecular flexibility index (Phi) is 3.10. The lowest BCUT2D eigenvalue weighted by atomic mass is 10.1. The van der Waals surface area contributed by atoms with E-state index >= 15 is 0 Å². The number of halogens is 1. The summed E-state index contributed by atoms with van der Waals surface area (Å²) >= 11 is 6.41. The first-order chi connectivity index (χ1) is 9.58. The summed E-state index contributed by atoms with van der Waals surface area (Å²) in [5.41, 5.74) is 10.2. The number of rotatable bonds is 3. The van der Waals surface area contributed by atoms with E-state index in [9.17, 15) is 4.79 Å². The highest BCUT2D eigenvalue weighted by Gasteiger charge is 2.37. The topological polar surface area (TPSA) is 92.4 Å². The van der Waals surface area contributed by atoms with Crippen LogP contribution < -0.4 is 16.5 Å². The smallest absolute Gasteiger partial charge is 0.269 e. The Balaban J connectivity index is 1.89. The number of fused-ring (bicyclic) bond motifs is 1. The van der Waals surface area contributed by atoms with Crippen molar-refractivity contribution in [1.29, 1.82) is 0 Å². The molecule has 1 unspecified atom stereocenters. The first-order valence-corrected chi connectivity index (χ1v) is 6.73. The minimum Gasteiger partial charge on any atom is -0.364 e. The van der Waals surface area contributed by atoms with E-state index in [0.29, 0.717) is 5.82 Å². The Bertz CT molecular complexity index is 627. The molecular weight excluding hydrogens is 278 g/mol. The summed E-state index contributed by atoms with van der Waals surface area (Å²) in [5, 5.41) is 6.85. The molecule has 0 radical (unpaired) electrons. The molecule has 1 aromatic rings. The number of anilines is 1. The summed E-state index contributed by atoms with van der Waals surface area (Å²) < 4.78 is 0. The van der Waals surface area contributed by atoms with Crippen LogP contribution in [-0.4, -0.2) is 21.6 Å².